The molecule has 1 N–H and O–H groups in total. The molecular weight excluding hydrogens is 336 g/mol. The minimum Gasteiger partial charge on any atom is -0.493 e. The van der Waals surface area contributed by atoms with E-state index in [1.807, 2.05) is 31.2 Å². The second kappa shape index (κ2) is 7.13. The van der Waals surface area contributed by atoms with E-state index in [1.54, 1.807) is 12.1 Å². The average molecular weight is 351 g/mol. The zero-order valence-corrected chi connectivity index (χ0v) is 13.1. The summed E-state index contributed by atoms with van der Waals surface area (Å²) in [4.78, 5) is 11.2. The topological polar surface area (TPSA) is 55.8 Å². The van der Waals surface area contributed by atoms with E-state index >= 15 is 0 Å². The highest BCUT2D eigenvalue weighted by Crippen LogP contribution is 2.26. The van der Waals surface area contributed by atoms with Gasteiger partial charge in [0.05, 0.1) is 6.61 Å². The van der Waals surface area contributed by atoms with E-state index in [9.17, 15) is 9.90 Å². The Hall–Kier alpha value is -2.01. The monoisotopic (exact) mass is 350 g/mol. The standard InChI is InChI=1S/C16H15BrO4/c1-2-20-14-6-4-3-5-11(14)10-21-15-9-12(17)7-8-13(15)16(18)19/h3-9H,2,10H2,1H3,(H,18,19). The molecule has 2 rings (SSSR count). The highest BCUT2D eigenvalue weighted by molar-refractivity contribution is 9.10. The molecule has 0 heterocycles. The molecule has 0 aromatic heterocycles. The van der Waals surface area contributed by atoms with Crippen molar-refractivity contribution in [1.29, 1.82) is 0 Å². The number of ether oxygens (including phenoxy) is 2. The summed E-state index contributed by atoms with van der Waals surface area (Å²) in [5.41, 5.74) is 1.00. The van der Waals surface area contributed by atoms with Crippen LogP contribution in [0, 0.1) is 0 Å². The van der Waals surface area contributed by atoms with Gasteiger partial charge < -0.3 is 14.6 Å². The maximum atomic E-state index is 11.2. The normalized spacial score (nSPS) is 10.2. The third kappa shape index (κ3) is 3.98. The van der Waals surface area contributed by atoms with Gasteiger partial charge >= 0.3 is 5.97 Å². The molecule has 21 heavy (non-hydrogen) atoms. The van der Waals surface area contributed by atoms with Gasteiger partial charge in [0.2, 0.25) is 0 Å². The van der Waals surface area contributed by atoms with E-state index in [1.165, 1.54) is 6.07 Å². The number of para-hydroxylation sites is 1. The van der Waals surface area contributed by atoms with E-state index in [-0.39, 0.29) is 12.2 Å². The van der Waals surface area contributed by atoms with Crippen molar-refractivity contribution in [3.8, 4) is 11.5 Å². The Morgan fingerprint density at radius 1 is 1.14 bits per heavy atom. The molecule has 0 aliphatic rings. The summed E-state index contributed by atoms with van der Waals surface area (Å²) in [6, 6.07) is 12.4. The molecule has 0 fully saturated rings. The van der Waals surface area contributed by atoms with Crippen LogP contribution < -0.4 is 9.47 Å². The Kier molecular flexibility index (Phi) is 5.22. The highest BCUT2D eigenvalue weighted by atomic mass is 79.9. The summed E-state index contributed by atoms with van der Waals surface area (Å²) in [6.45, 7) is 2.72. The van der Waals surface area contributed by atoms with Crippen LogP contribution in [0.3, 0.4) is 0 Å². The van der Waals surface area contributed by atoms with E-state index in [4.69, 9.17) is 9.47 Å². The quantitative estimate of drug-likeness (QED) is 0.850. The Morgan fingerprint density at radius 3 is 2.62 bits per heavy atom. The molecule has 110 valence electrons. The van der Waals surface area contributed by atoms with Crippen molar-refractivity contribution in [3.63, 3.8) is 0 Å². The van der Waals surface area contributed by atoms with Gasteiger partial charge in [0.25, 0.3) is 0 Å². The molecular formula is C16H15BrO4. The molecule has 0 spiro atoms. The predicted octanol–water partition coefficient (Wildman–Crippen LogP) is 4.13. The van der Waals surface area contributed by atoms with Crippen LogP contribution in [0.25, 0.3) is 0 Å². The molecule has 2 aromatic carbocycles. The predicted molar refractivity (Wildman–Crippen MR) is 83.0 cm³/mol. The Balaban J connectivity index is 2.20. The molecule has 0 aliphatic heterocycles. The number of aromatic carboxylic acids is 1. The lowest BCUT2D eigenvalue weighted by Gasteiger charge is -2.13. The number of hydrogen-bond donors (Lipinski definition) is 1. The van der Waals surface area contributed by atoms with Crippen molar-refractivity contribution >= 4 is 21.9 Å². The summed E-state index contributed by atoms with van der Waals surface area (Å²) >= 11 is 3.31. The van der Waals surface area contributed by atoms with Gasteiger partial charge in [-0.1, -0.05) is 34.1 Å². The van der Waals surface area contributed by atoms with Crippen LogP contribution in [0.2, 0.25) is 0 Å². The number of hydrogen-bond acceptors (Lipinski definition) is 3. The lowest BCUT2D eigenvalue weighted by Crippen LogP contribution is -2.05. The first kappa shape index (κ1) is 15.4. The molecule has 0 atom stereocenters. The van der Waals surface area contributed by atoms with Gasteiger partial charge in [0.15, 0.2) is 0 Å². The van der Waals surface area contributed by atoms with Gasteiger partial charge in [-0.2, -0.15) is 0 Å². The molecule has 0 bridgehead atoms. The number of carboxylic acids is 1. The van der Waals surface area contributed by atoms with Crippen molar-refractivity contribution in [2.45, 2.75) is 13.5 Å². The molecule has 0 aliphatic carbocycles. The SMILES string of the molecule is CCOc1ccccc1COc1cc(Br)ccc1C(=O)O. The first-order valence-electron chi connectivity index (χ1n) is 6.48. The Labute approximate surface area is 131 Å². The second-order valence-electron chi connectivity index (χ2n) is 4.28. The largest absolute Gasteiger partial charge is 0.493 e. The fourth-order valence-corrected chi connectivity index (χ4v) is 2.21. The maximum absolute atomic E-state index is 11.2. The average Bonchev–Trinajstić information content (AvgIpc) is 2.46. The summed E-state index contributed by atoms with van der Waals surface area (Å²) in [7, 11) is 0. The van der Waals surface area contributed by atoms with E-state index in [0.29, 0.717) is 12.4 Å². The van der Waals surface area contributed by atoms with Crippen LogP contribution in [0.4, 0.5) is 0 Å². The third-order valence-corrected chi connectivity index (χ3v) is 3.32. The van der Waals surface area contributed by atoms with E-state index in [2.05, 4.69) is 15.9 Å². The number of halogens is 1. The van der Waals surface area contributed by atoms with E-state index in [0.717, 1.165) is 15.8 Å². The lowest BCUT2D eigenvalue weighted by atomic mass is 10.2. The molecule has 4 nitrogen and oxygen atoms in total. The lowest BCUT2D eigenvalue weighted by molar-refractivity contribution is 0.0691. The van der Waals surface area contributed by atoms with Gasteiger partial charge in [-0.15, -0.1) is 0 Å². The van der Waals surface area contributed by atoms with Crippen LogP contribution in [-0.2, 0) is 6.61 Å². The summed E-state index contributed by atoms with van der Waals surface area (Å²) < 4.78 is 11.9. The summed E-state index contributed by atoms with van der Waals surface area (Å²) in [5.74, 6) is 0.0469. The first-order chi connectivity index (χ1) is 10.1. The summed E-state index contributed by atoms with van der Waals surface area (Å²) in [5, 5.41) is 9.17. The van der Waals surface area contributed by atoms with Gasteiger partial charge in [-0.05, 0) is 31.2 Å². The molecule has 0 saturated heterocycles. The molecule has 0 unspecified atom stereocenters. The molecule has 0 radical (unpaired) electrons. The molecule has 5 heteroatoms. The van der Waals surface area contributed by atoms with Crippen molar-refractivity contribution in [1.82, 2.24) is 0 Å². The summed E-state index contributed by atoms with van der Waals surface area (Å²) in [6.07, 6.45) is 0. The van der Waals surface area contributed by atoms with Crippen LogP contribution in [0.5, 0.6) is 11.5 Å². The zero-order valence-electron chi connectivity index (χ0n) is 11.5. The molecule has 0 saturated carbocycles. The van der Waals surface area contributed by atoms with Crippen LogP contribution in [0.15, 0.2) is 46.9 Å². The minimum atomic E-state index is -1.02. The van der Waals surface area contributed by atoms with E-state index < -0.39 is 5.97 Å². The van der Waals surface area contributed by atoms with Crippen LogP contribution >= 0.6 is 15.9 Å². The second-order valence-corrected chi connectivity index (χ2v) is 5.19. The maximum Gasteiger partial charge on any atom is 0.339 e. The first-order valence-corrected chi connectivity index (χ1v) is 7.27. The highest BCUT2D eigenvalue weighted by Gasteiger charge is 2.12. The number of rotatable bonds is 6. The number of carboxylic acid groups (broad SMARTS) is 1. The fourth-order valence-electron chi connectivity index (χ4n) is 1.87. The third-order valence-electron chi connectivity index (χ3n) is 2.83. The minimum absolute atomic E-state index is 0.132. The van der Waals surface area contributed by atoms with Gasteiger partial charge in [-0.3, -0.25) is 0 Å². The number of benzene rings is 2. The van der Waals surface area contributed by atoms with Crippen LogP contribution in [0.1, 0.15) is 22.8 Å². The Morgan fingerprint density at radius 2 is 1.90 bits per heavy atom. The van der Waals surface area contributed by atoms with Crippen molar-refractivity contribution in [2.24, 2.45) is 0 Å². The van der Waals surface area contributed by atoms with Gasteiger partial charge in [-0.25, -0.2) is 4.79 Å². The Bertz CT molecular complexity index is 640. The zero-order chi connectivity index (χ0) is 15.2. The van der Waals surface area contributed by atoms with Gasteiger partial charge in [0.1, 0.15) is 23.7 Å². The fraction of sp³-hybridized carbons (Fsp3) is 0.188. The van der Waals surface area contributed by atoms with Crippen molar-refractivity contribution in [2.75, 3.05) is 6.61 Å². The van der Waals surface area contributed by atoms with Crippen LogP contribution in [-0.4, -0.2) is 17.7 Å². The van der Waals surface area contributed by atoms with Gasteiger partial charge in [0, 0.05) is 10.0 Å². The van der Waals surface area contributed by atoms with Crippen molar-refractivity contribution < 1.29 is 19.4 Å². The molecule has 2 aromatic rings. The molecule has 0 amide bonds. The smallest absolute Gasteiger partial charge is 0.339 e. The number of carbonyl (C=O) groups is 1. The van der Waals surface area contributed by atoms with Crippen molar-refractivity contribution in [3.05, 3.63) is 58.1 Å².